The lowest BCUT2D eigenvalue weighted by Gasteiger charge is -2.19. The van der Waals surface area contributed by atoms with Gasteiger partial charge in [0, 0.05) is 0 Å². The summed E-state index contributed by atoms with van der Waals surface area (Å²) in [6.45, 7) is 9.67. The summed E-state index contributed by atoms with van der Waals surface area (Å²) in [4.78, 5) is 0. The fourth-order valence-electron chi connectivity index (χ4n) is 3.14. The van der Waals surface area contributed by atoms with Crippen molar-refractivity contribution in [2.75, 3.05) is 6.61 Å². The molecule has 0 bridgehead atoms. The molecule has 0 N–H and O–H groups in total. The van der Waals surface area contributed by atoms with E-state index in [0.29, 0.717) is 18.1 Å². The SMILES string of the molecule is CCCOc1ccc(C(CC)CC2OC2CC)c(CC)c1. The van der Waals surface area contributed by atoms with Crippen LogP contribution in [0.25, 0.3) is 0 Å². The lowest BCUT2D eigenvalue weighted by atomic mass is 9.87. The second-order valence-electron chi connectivity index (χ2n) is 6.02. The Kier molecular flexibility index (Phi) is 6.10. The third-order valence-corrected chi connectivity index (χ3v) is 4.51. The third-order valence-electron chi connectivity index (χ3n) is 4.51. The fourth-order valence-corrected chi connectivity index (χ4v) is 3.14. The molecule has 0 spiro atoms. The molecular weight excluding hydrogens is 260 g/mol. The van der Waals surface area contributed by atoms with E-state index in [1.807, 2.05) is 0 Å². The molecule has 118 valence electrons. The monoisotopic (exact) mass is 290 g/mol. The highest BCUT2D eigenvalue weighted by molar-refractivity contribution is 5.38. The molecule has 2 nitrogen and oxygen atoms in total. The van der Waals surface area contributed by atoms with E-state index in [-0.39, 0.29) is 0 Å². The molecule has 3 atom stereocenters. The van der Waals surface area contributed by atoms with E-state index in [1.165, 1.54) is 17.5 Å². The lowest BCUT2D eigenvalue weighted by molar-refractivity contribution is 0.317. The van der Waals surface area contributed by atoms with Crippen LogP contribution in [-0.2, 0) is 11.2 Å². The molecule has 1 aliphatic heterocycles. The van der Waals surface area contributed by atoms with Crippen molar-refractivity contribution in [2.24, 2.45) is 0 Å². The highest BCUT2D eigenvalue weighted by Gasteiger charge is 2.38. The molecule has 0 aromatic heterocycles. The van der Waals surface area contributed by atoms with E-state index in [2.05, 4.69) is 45.9 Å². The summed E-state index contributed by atoms with van der Waals surface area (Å²) in [7, 11) is 0. The van der Waals surface area contributed by atoms with Crippen molar-refractivity contribution in [2.45, 2.75) is 77.9 Å². The smallest absolute Gasteiger partial charge is 0.119 e. The first-order chi connectivity index (χ1) is 10.2. The number of benzene rings is 1. The van der Waals surface area contributed by atoms with Crippen LogP contribution in [-0.4, -0.2) is 18.8 Å². The summed E-state index contributed by atoms with van der Waals surface area (Å²) in [5.41, 5.74) is 2.93. The summed E-state index contributed by atoms with van der Waals surface area (Å²) in [6.07, 6.45) is 6.61. The molecule has 1 aromatic carbocycles. The van der Waals surface area contributed by atoms with Crippen LogP contribution in [0.1, 0.15) is 70.4 Å². The number of hydrogen-bond acceptors (Lipinski definition) is 2. The number of rotatable bonds is 9. The van der Waals surface area contributed by atoms with Gasteiger partial charge in [-0.3, -0.25) is 0 Å². The first kappa shape index (κ1) is 16.4. The molecule has 1 fully saturated rings. The van der Waals surface area contributed by atoms with Crippen molar-refractivity contribution in [3.05, 3.63) is 29.3 Å². The topological polar surface area (TPSA) is 21.8 Å². The van der Waals surface area contributed by atoms with Gasteiger partial charge in [-0.05, 0) is 61.3 Å². The quantitative estimate of drug-likeness (QED) is 0.590. The van der Waals surface area contributed by atoms with Gasteiger partial charge in [0.25, 0.3) is 0 Å². The minimum absolute atomic E-state index is 0.487. The Balaban J connectivity index is 2.08. The van der Waals surface area contributed by atoms with Gasteiger partial charge in [0.05, 0.1) is 18.8 Å². The lowest BCUT2D eigenvalue weighted by Crippen LogP contribution is -2.07. The van der Waals surface area contributed by atoms with Crippen molar-refractivity contribution < 1.29 is 9.47 Å². The van der Waals surface area contributed by atoms with Crippen LogP contribution in [0.15, 0.2) is 18.2 Å². The van der Waals surface area contributed by atoms with Crippen LogP contribution >= 0.6 is 0 Å². The van der Waals surface area contributed by atoms with Crippen molar-refractivity contribution in [1.29, 1.82) is 0 Å². The van der Waals surface area contributed by atoms with E-state index in [9.17, 15) is 0 Å². The predicted octanol–water partition coefficient (Wildman–Crippen LogP) is 5.10. The maximum absolute atomic E-state index is 5.77. The van der Waals surface area contributed by atoms with Crippen molar-refractivity contribution >= 4 is 0 Å². The molecule has 3 unspecified atom stereocenters. The maximum atomic E-state index is 5.77. The van der Waals surface area contributed by atoms with Gasteiger partial charge >= 0.3 is 0 Å². The maximum Gasteiger partial charge on any atom is 0.119 e. The van der Waals surface area contributed by atoms with Crippen LogP contribution in [0.2, 0.25) is 0 Å². The Hall–Kier alpha value is -1.02. The van der Waals surface area contributed by atoms with Gasteiger partial charge in [0.1, 0.15) is 5.75 Å². The third kappa shape index (κ3) is 4.23. The highest BCUT2D eigenvalue weighted by Crippen LogP contribution is 2.38. The summed E-state index contributed by atoms with van der Waals surface area (Å²) in [6, 6.07) is 6.65. The molecule has 1 aliphatic rings. The Labute approximate surface area is 129 Å². The Morgan fingerprint density at radius 2 is 1.95 bits per heavy atom. The minimum atomic E-state index is 0.487. The van der Waals surface area contributed by atoms with Crippen LogP contribution in [0.5, 0.6) is 5.75 Å². The molecule has 2 heteroatoms. The van der Waals surface area contributed by atoms with Gasteiger partial charge in [0.15, 0.2) is 0 Å². The standard InChI is InChI=1S/C19H30O2/c1-5-11-20-16-9-10-17(14(6-2)12-16)15(7-3)13-19-18(8-4)21-19/h9-10,12,15,18-19H,5-8,11,13H2,1-4H3. The molecule has 0 aliphatic carbocycles. The van der Waals surface area contributed by atoms with Crippen LogP contribution in [0.4, 0.5) is 0 Å². The molecule has 0 amide bonds. The van der Waals surface area contributed by atoms with Crippen molar-refractivity contribution in [3.63, 3.8) is 0 Å². The summed E-state index contributed by atoms with van der Waals surface area (Å²) in [5, 5.41) is 0. The summed E-state index contributed by atoms with van der Waals surface area (Å²) < 4.78 is 11.5. The van der Waals surface area contributed by atoms with E-state index < -0.39 is 0 Å². The molecule has 1 heterocycles. The molecule has 21 heavy (non-hydrogen) atoms. The minimum Gasteiger partial charge on any atom is -0.494 e. The molecule has 2 rings (SSSR count). The fraction of sp³-hybridized carbons (Fsp3) is 0.684. The summed E-state index contributed by atoms with van der Waals surface area (Å²) >= 11 is 0. The normalized spacial score (nSPS) is 22.1. The summed E-state index contributed by atoms with van der Waals surface area (Å²) in [5.74, 6) is 1.63. The van der Waals surface area contributed by atoms with Gasteiger partial charge in [-0.2, -0.15) is 0 Å². The van der Waals surface area contributed by atoms with Crippen LogP contribution in [0.3, 0.4) is 0 Å². The molecule has 0 radical (unpaired) electrons. The number of aryl methyl sites for hydroxylation is 1. The van der Waals surface area contributed by atoms with Crippen molar-refractivity contribution in [3.8, 4) is 5.75 Å². The number of ether oxygens (including phenoxy) is 2. The molecule has 0 saturated carbocycles. The first-order valence-corrected chi connectivity index (χ1v) is 8.64. The molecule has 1 aromatic rings. The molecule has 1 saturated heterocycles. The zero-order chi connectivity index (χ0) is 15.2. The van der Waals surface area contributed by atoms with E-state index in [4.69, 9.17) is 9.47 Å². The second-order valence-corrected chi connectivity index (χ2v) is 6.02. The Morgan fingerprint density at radius 1 is 1.14 bits per heavy atom. The van der Waals surface area contributed by atoms with Gasteiger partial charge in [-0.1, -0.05) is 33.8 Å². The van der Waals surface area contributed by atoms with E-state index in [0.717, 1.165) is 38.0 Å². The van der Waals surface area contributed by atoms with Gasteiger partial charge in [-0.25, -0.2) is 0 Å². The predicted molar refractivity (Wildman–Crippen MR) is 88.2 cm³/mol. The van der Waals surface area contributed by atoms with Crippen molar-refractivity contribution in [1.82, 2.24) is 0 Å². The number of epoxide rings is 1. The highest BCUT2D eigenvalue weighted by atomic mass is 16.6. The van der Waals surface area contributed by atoms with Crippen LogP contribution < -0.4 is 4.74 Å². The van der Waals surface area contributed by atoms with Gasteiger partial charge in [-0.15, -0.1) is 0 Å². The number of hydrogen-bond donors (Lipinski definition) is 0. The Morgan fingerprint density at radius 3 is 2.52 bits per heavy atom. The first-order valence-electron chi connectivity index (χ1n) is 8.64. The van der Waals surface area contributed by atoms with E-state index >= 15 is 0 Å². The van der Waals surface area contributed by atoms with Gasteiger partial charge < -0.3 is 9.47 Å². The molecular formula is C19H30O2. The zero-order valence-corrected chi connectivity index (χ0v) is 14.0. The largest absolute Gasteiger partial charge is 0.494 e. The van der Waals surface area contributed by atoms with E-state index in [1.54, 1.807) is 0 Å². The van der Waals surface area contributed by atoms with Crippen LogP contribution in [0, 0.1) is 0 Å². The Bertz CT molecular complexity index is 441. The average Bonchev–Trinajstić information content (AvgIpc) is 3.28. The average molecular weight is 290 g/mol. The van der Waals surface area contributed by atoms with Gasteiger partial charge in [0.2, 0.25) is 0 Å². The second kappa shape index (κ2) is 7.84. The zero-order valence-electron chi connectivity index (χ0n) is 14.0.